The summed E-state index contributed by atoms with van der Waals surface area (Å²) in [5.41, 5.74) is 0. The Morgan fingerprint density at radius 2 is 1.52 bits per heavy atom. The molecular weight excluding hydrogens is 288 g/mol. The van der Waals surface area contributed by atoms with Crippen molar-refractivity contribution in [2.24, 2.45) is 0 Å². The summed E-state index contributed by atoms with van der Waals surface area (Å²) in [4.78, 5) is 43.7. The first-order valence-electron chi connectivity index (χ1n) is 6.06. The van der Waals surface area contributed by atoms with Crippen LogP contribution in [0.25, 0.3) is 0 Å². The molecule has 0 aromatic rings. The molecule has 0 heterocycles. The summed E-state index contributed by atoms with van der Waals surface area (Å²) in [6, 6.07) is -1.28. The maximum atomic E-state index is 10.8. The Morgan fingerprint density at radius 3 is 1.95 bits per heavy atom. The summed E-state index contributed by atoms with van der Waals surface area (Å²) in [7, 11) is 0. The molecule has 0 rings (SSSR count). The topological polar surface area (TPSA) is 164 Å². The lowest BCUT2D eigenvalue weighted by Crippen LogP contribution is -2.44. The summed E-state index contributed by atoms with van der Waals surface area (Å²) in [5.74, 6) is -4.82. The van der Waals surface area contributed by atoms with E-state index in [0.717, 1.165) is 0 Å². The summed E-state index contributed by atoms with van der Waals surface area (Å²) in [5, 5.41) is 37.1. The Balaban J connectivity index is 4.31. The molecule has 0 amide bonds. The van der Waals surface area contributed by atoms with Crippen LogP contribution in [0.15, 0.2) is 0 Å². The van der Waals surface area contributed by atoms with Crippen LogP contribution in [0, 0.1) is 0 Å². The van der Waals surface area contributed by atoms with Crippen molar-refractivity contribution in [2.75, 3.05) is 26.2 Å². The number of rotatable bonds is 12. The lowest BCUT2D eigenvalue weighted by atomic mass is 10.2. The van der Waals surface area contributed by atoms with Crippen LogP contribution in [0.2, 0.25) is 0 Å². The standard InChI is InChI=1S/C11H18N2O8/c14-8(15)1-3-13(6-10(18)19)4-2-12-7(11(20)21)5-9(16)17/h7,12H,1-6H2,(H,14,15)(H,16,17)(H,18,19)(H,20,21). The Hall–Kier alpha value is -2.20. The third-order valence-electron chi connectivity index (χ3n) is 2.50. The number of carbonyl (C=O) groups is 4. The molecule has 0 saturated heterocycles. The van der Waals surface area contributed by atoms with E-state index in [9.17, 15) is 19.2 Å². The van der Waals surface area contributed by atoms with Gasteiger partial charge in [0.1, 0.15) is 6.04 Å². The average molecular weight is 306 g/mol. The highest BCUT2D eigenvalue weighted by Gasteiger charge is 2.20. The number of aliphatic carboxylic acids is 4. The van der Waals surface area contributed by atoms with Crippen LogP contribution in [0.3, 0.4) is 0 Å². The minimum atomic E-state index is -1.33. The molecule has 120 valence electrons. The van der Waals surface area contributed by atoms with E-state index in [4.69, 9.17) is 20.4 Å². The molecule has 0 aromatic heterocycles. The van der Waals surface area contributed by atoms with E-state index in [1.54, 1.807) is 0 Å². The second kappa shape index (κ2) is 9.66. The Bertz CT molecular complexity index is 398. The van der Waals surface area contributed by atoms with Crippen molar-refractivity contribution in [3.05, 3.63) is 0 Å². The fourth-order valence-corrected chi connectivity index (χ4v) is 1.53. The Labute approximate surface area is 120 Å². The molecule has 10 heteroatoms. The summed E-state index contributed by atoms with van der Waals surface area (Å²) < 4.78 is 0. The van der Waals surface area contributed by atoms with Crippen LogP contribution in [-0.2, 0) is 19.2 Å². The van der Waals surface area contributed by atoms with Gasteiger partial charge in [0.05, 0.1) is 19.4 Å². The van der Waals surface area contributed by atoms with Crippen LogP contribution in [-0.4, -0.2) is 81.4 Å². The van der Waals surface area contributed by atoms with Crippen molar-refractivity contribution >= 4 is 23.9 Å². The van der Waals surface area contributed by atoms with E-state index in [2.05, 4.69) is 5.32 Å². The van der Waals surface area contributed by atoms with E-state index < -0.39 is 36.3 Å². The predicted molar refractivity (Wildman–Crippen MR) is 68.0 cm³/mol. The summed E-state index contributed by atoms with van der Waals surface area (Å²) in [6.45, 7) is -0.272. The van der Waals surface area contributed by atoms with Crippen molar-refractivity contribution in [2.45, 2.75) is 18.9 Å². The van der Waals surface area contributed by atoms with Crippen LogP contribution in [0.5, 0.6) is 0 Å². The number of nitrogens with zero attached hydrogens (tertiary/aromatic N) is 1. The third-order valence-corrected chi connectivity index (χ3v) is 2.50. The fourth-order valence-electron chi connectivity index (χ4n) is 1.53. The first-order chi connectivity index (χ1) is 9.72. The first kappa shape index (κ1) is 18.8. The molecule has 0 fully saturated rings. The highest BCUT2D eigenvalue weighted by atomic mass is 16.4. The zero-order chi connectivity index (χ0) is 16.4. The number of hydrogen-bond donors (Lipinski definition) is 5. The van der Waals surface area contributed by atoms with Gasteiger partial charge in [-0.25, -0.2) is 0 Å². The second-order valence-corrected chi connectivity index (χ2v) is 4.26. The molecule has 0 spiro atoms. The molecule has 10 nitrogen and oxygen atoms in total. The van der Waals surface area contributed by atoms with Gasteiger partial charge in [-0.2, -0.15) is 0 Å². The fraction of sp³-hybridized carbons (Fsp3) is 0.636. The van der Waals surface area contributed by atoms with Gasteiger partial charge in [0.2, 0.25) is 0 Å². The number of carboxylic acids is 4. The van der Waals surface area contributed by atoms with Crippen molar-refractivity contribution in [1.29, 1.82) is 0 Å². The molecule has 0 bridgehead atoms. The minimum Gasteiger partial charge on any atom is -0.481 e. The first-order valence-corrected chi connectivity index (χ1v) is 6.06. The van der Waals surface area contributed by atoms with E-state index in [1.165, 1.54) is 4.90 Å². The van der Waals surface area contributed by atoms with Gasteiger partial charge in [-0.05, 0) is 0 Å². The summed E-state index contributed by atoms with van der Waals surface area (Å²) >= 11 is 0. The smallest absolute Gasteiger partial charge is 0.321 e. The van der Waals surface area contributed by atoms with Crippen molar-refractivity contribution in [3.8, 4) is 0 Å². The quantitative estimate of drug-likeness (QED) is 0.282. The predicted octanol–water partition coefficient (Wildman–Crippen LogP) is -1.63. The maximum Gasteiger partial charge on any atom is 0.321 e. The van der Waals surface area contributed by atoms with E-state index in [-0.39, 0.29) is 32.6 Å². The van der Waals surface area contributed by atoms with Gasteiger partial charge in [-0.1, -0.05) is 0 Å². The van der Waals surface area contributed by atoms with E-state index >= 15 is 0 Å². The number of hydrogen-bond acceptors (Lipinski definition) is 6. The van der Waals surface area contributed by atoms with Crippen LogP contribution in [0.4, 0.5) is 0 Å². The van der Waals surface area contributed by atoms with E-state index in [1.807, 2.05) is 0 Å². The molecule has 21 heavy (non-hydrogen) atoms. The minimum absolute atomic E-state index is 0.0000179. The van der Waals surface area contributed by atoms with Gasteiger partial charge in [-0.3, -0.25) is 24.1 Å². The number of carboxylic acid groups (broad SMARTS) is 4. The zero-order valence-electron chi connectivity index (χ0n) is 11.2. The molecule has 1 atom stereocenters. The zero-order valence-corrected chi connectivity index (χ0v) is 11.2. The lowest BCUT2D eigenvalue weighted by molar-refractivity contribution is -0.146. The third kappa shape index (κ3) is 10.3. The molecule has 1 unspecified atom stereocenters. The lowest BCUT2D eigenvalue weighted by Gasteiger charge is -2.20. The van der Waals surface area contributed by atoms with Crippen LogP contribution in [0.1, 0.15) is 12.8 Å². The van der Waals surface area contributed by atoms with Crippen molar-refractivity contribution < 1.29 is 39.6 Å². The monoisotopic (exact) mass is 306 g/mol. The Kier molecular flexibility index (Phi) is 8.65. The maximum absolute atomic E-state index is 10.8. The van der Waals surface area contributed by atoms with E-state index in [0.29, 0.717) is 0 Å². The van der Waals surface area contributed by atoms with Gasteiger partial charge in [0.25, 0.3) is 0 Å². The van der Waals surface area contributed by atoms with Crippen LogP contribution >= 0.6 is 0 Å². The number of nitrogens with one attached hydrogen (secondary N) is 1. The normalized spacial score (nSPS) is 12.0. The van der Waals surface area contributed by atoms with Gasteiger partial charge in [0.15, 0.2) is 0 Å². The highest BCUT2D eigenvalue weighted by Crippen LogP contribution is 1.95. The molecule has 0 aromatic carbocycles. The van der Waals surface area contributed by atoms with Gasteiger partial charge in [0, 0.05) is 19.6 Å². The van der Waals surface area contributed by atoms with Gasteiger partial charge >= 0.3 is 23.9 Å². The van der Waals surface area contributed by atoms with Crippen molar-refractivity contribution in [3.63, 3.8) is 0 Å². The molecule has 0 aliphatic carbocycles. The molecule has 0 radical (unpaired) electrons. The molecule has 5 N–H and O–H groups in total. The SMILES string of the molecule is O=C(O)CCN(CCNC(CC(=O)O)C(=O)O)CC(=O)O. The van der Waals surface area contributed by atoms with Crippen molar-refractivity contribution in [1.82, 2.24) is 10.2 Å². The second-order valence-electron chi connectivity index (χ2n) is 4.26. The largest absolute Gasteiger partial charge is 0.481 e. The average Bonchev–Trinajstić information content (AvgIpc) is 2.33. The van der Waals surface area contributed by atoms with Gasteiger partial charge in [-0.15, -0.1) is 0 Å². The summed E-state index contributed by atoms with van der Waals surface area (Å²) in [6.07, 6.45) is -0.853. The Morgan fingerprint density at radius 1 is 0.905 bits per heavy atom. The molecular formula is C11H18N2O8. The molecule has 0 saturated carbocycles. The highest BCUT2D eigenvalue weighted by molar-refractivity contribution is 5.80. The molecule has 0 aliphatic heterocycles. The van der Waals surface area contributed by atoms with Gasteiger partial charge < -0.3 is 25.7 Å². The van der Waals surface area contributed by atoms with Crippen LogP contribution < -0.4 is 5.32 Å². The molecule has 0 aliphatic rings.